The van der Waals surface area contributed by atoms with Gasteiger partial charge in [-0.3, -0.25) is 0 Å². The highest BCUT2D eigenvalue weighted by molar-refractivity contribution is 7.13. The second-order valence-corrected chi connectivity index (χ2v) is 9.74. The topological polar surface area (TPSA) is 76.6 Å². The number of nitrogens with zero attached hydrogens (tertiary/aromatic N) is 3. The molecule has 0 spiro atoms. The van der Waals surface area contributed by atoms with E-state index in [1.807, 2.05) is 30.3 Å². The van der Waals surface area contributed by atoms with Crippen molar-refractivity contribution in [3.8, 4) is 5.88 Å². The third-order valence-corrected chi connectivity index (χ3v) is 7.18. The average Bonchev–Trinajstić information content (AvgIpc) is 3.32. The summed E-state index contributed by atoms with van der Waals surface area (Å²) in [6, 6.07) is 16.4. The number of anilines is 2. The van der Waals surface area contributed by atoms with Crippen molar-refractivity contribution in [3.63, 3.8) is 0 Å². The number of piperidine rings is 1. The summed E-state index contributed by atoms with van der Waals surface area (Å²) in [5.74, 6) is 0.469. The van der Waals surface area contributed by atoms with E-state index in [1.54, 1.807) is 18.2 Å². The Hall–Kier alpha value is -3.43. The maximum atomic E-state index is 14.0. The average molecular weight is 527 g/mol. The van der Waals surface area contributed by atoms with E-state index >= 15 is 0 Å². The van der Waals surface area contributed by atoms with Crippen LogP contribution in [-0.2, 0) is 11.3 Å². The molecular weight excluding hydrogens is 503 g/mol. The molecule has 4 aromatic rings. The van der Waals surface area contributed by atoms with Gasteiger partial charge in [-0.1, -0.05) is 23.7 Å². The van der Waals surface area contributed by atoms with E-state index in [2.05, 4.69) is 19.6 Å². The minimum absolute atomic E-state index is 0.0800. The Balaban J connectivity index is 1.17. The highest BCUT2D eigenvalue weighted by Gasteiger charge is 2.21. The van der Waals surface area contributed by atoms with Gasteiger partial charge in [-0.25, -0.2) is 9.18 Å². The molecule has 2 aromatic carbocycles. The van der Waals surface area contributed by atoms with Crippen LogP contribution in [0.2, 0.25) is 5.02 Å². The van der Waals surface area contributed by atoms with Crippen LogP contribution < -0.4 is 15.0 Å². The lowest BCUT2D eigenvalue weighted by molar-refractivity contribution is 0.0598. The van der Waals surface area contributed by atoms with Crippen LogP contribution in [0, 0.1) is 5.82 Å². The van der Waals surface area contributed by atoms with E-state index in [1.165, 1.54) is 24.7 Å². The molecule has 186 valence electrons. The monoisotopic (exact) mass is 526 g/mol. The Morgan fingerprint density at radius 3 is 2.81 bits per heavy atom. The first-order valence-corrected chi connectivity index (χ1v) is 12.7. The van der Waals surface area contributed by atoms with Crippen LogP contribution in [0.3, 0.4) is 0 Å². The third-order valence-electron chi connectivity index (χ3n) is 6.14. The molecule has 36 heavy (non-hydrogen) atoms. The zero-order valence-corrected chi connectivity index (χ0v) is 21.1. The maximum absolute atomic E-state index is 14.0. The number of aromatic nitrogens is 2. The van der Waals surface area contributed by atoms with Crippen LogP contribution in [0.4, 0.5) is 15.9 Å². The fraction of sp³-hybridized carbons (Fsp3) is 0.269. The number of carbonyl (C=O) groups excluding carboxylic acids is 1. The van der Waals surface area contributed by atoms with Crippen LogP contribution in [0.25, 0.3) is 10.1 Å². The molecule has 1 N–H and O–H groups in total. The quantitative estimate of drug-likeness (QED) is 0.299. The molecule has 0 saturated carbocycles. The van der Waals surface area contributed by atoms with Gasteiger partial charge in [0.2, 0.25) is 5.88 Å². The molecule has 1 aliphatic heterocycles. The van der Waals surface area contributed by atoms with Gasteiger partial charge in [0, 0.05) is 46.9 Å². The van der Waals surface area contributed by atoms with E-state index < -0.39 is 11.8 Å². The van der Waals surface area contributed by atoms with E-state index in [-0.39, 0.29) is 6.61 Å². The molecule has 2 aromatic heterocycles. The molecule has 0 radical (unpaired) electrons. The van der Waals surface area contributed by atoms with E-state index in [0.29, 0.717) is 28.2 Å². The summed E-state index contributed by atoms with van der Waals surface area (Å²) in [5, 5.41) is 4.76. The van der Waals surface area contributed by atoms with Crippen molar-refractivity contribution < 1.29 is 18.7 Å². The number of fused-ring (bicyclic) bond motifs is 1. The number of halogens is 2. The Morgan fingerprint density at radius 1 is 1.19 bits per heavy atom. The summed E-state index contributed by atoms with van der Waals surface area (Å²) in [7, 11) is 1.36. The van der Waals surface area contributed by atoms with Gasteiger partial charge in [0.05, 0.1) is 11.8 Å². The summed E-state index contributed by atoms with van der Waals surface area (Å²) in [6.07, 6.45) is 1.88. The first-order chi connectivity index (χ1) is 17.5. The van der Waals surface area contributed by atoms with Gasteiger partial charge in [0.1, 0.15) is 18.2 Å². The van der Waals surface area contributed by atoms with Gasteiger partial charge < -0.3 is 19.7 Å². The number of nitrogens with one attached hydrogen (secondary N) is 1. The van der Waals surface area contributed by atoms with Gasteiger partial charge in [-0.15, -0.1) is 0 Å². The van der Waals surface area contributed by atoms with E-state index in [9.17, 15) is 9.18 Å². The first-order valence-electron chi connectivity index (χ1n) is 11.5. The second kappa shape index (κ2) is 10.7. The molecule has 1 aliphatic rings. The second-order valence-electron chi connectivity index (χ2n) is 8.50. The molecule has 10 heteroatoms. The molecule has 1 saturated heterocycles. The van der Waals surface area contributed by atoms with Crippen molar-refractivity contribution in [2.24, 2.45) is 0 Å². The number of methoxy groups -OCH3 is 1. The fourth-order valence-corrected chi connectivity index (χ4v) is 5.17. The Kier molecular flexibility index (Phi) is 7.20. The molecule has 0 amide bonds. The number of carbonyl (C=O) groups is 1. The van der Waals surface area contributed by atoms with Crippen LogP contribution >= 0.6 is 23.1 Å². The van der Waals surface area contributed by atoms with Crippen LogP contribution in [0.1, 0.15) is 28.9 Å². The fourth-order valence-electron chi connectivity index (χ4n) is 4.21. The van der Waals surface area contributed by atoms with Gasteiger partial charge in [0.15, 0.2) is 5.69 Å². The predicted octanol–water partition coefficient (Wildman–Crippen LogP) is 5.93. The van der Waals surface area contributed by atoms with Gasteiger partial charge in [-0.05, 0) is 60.8 Å². The molecule has 0 bridgehead atoms. The Labute approximate surface area is 217 Å². The SMILES string of the molecule is COC(=O)c1nsc2cc(NC3CCN(c4cccc(OCc5ccc(Cl)cc5F)n4)CC3)ccc12. The number of hydrogen-bond donors (Lipinski definition) is 1. The molecule has 0 aliphatic carbocycles. The van der Waals surface area contributed by atoms with Crippen molar-refractivity contribution in [3.05, 3.63) is 76.7 Å². The summed E-state index contributed by atoms with van der Waals surface area (Å²) in [5.41, 5.74) is 1.79. The first kappa shape index (κ1) is 24.3. The number of esters is 1. The highest BCUT2D eigenvalue weighted by Crippen LogP contribution is 2.28. The minimum Gasteiger partial charge on any atom is -0.473 e. The minimum atomic E-state index is -0.422. The highest BCUT2D eigenvalue weighted by atomic mass is 35.5. The van der Waals surface area contributed by atoms with Crippen molar-refractivity contribution in [2.75, 3.05) is 30.4 Å². The molecule has 3 heterocycles. The van der Waals surface area contributed by atoms with Crippen molar-refractivity contribution in [2.45, 2.75) is 25.5 Å². The summed E-state index contributed by atoms with van der Waals surface area (Å²) < 4.78 is 29.7. The Morgan fingerprint density at radius 2 is 2.03 bits per heavy atom. The molecule has 0 atom stereocenters. The molecule has 1 fully saturated rings. The van der Waals surface area contributed by atoms with Crippen LogP contribution in [0.5, 0.6) is 5.88 Å². The van der Waals surface area contributed by atoms with E-state index in [4.69, 9.17) is 21.1 Å². The number of benzene rings is 2. The number of pyridine rings is 1. The van der Waals surface area contributed by atoms with Crippen molar-refractivity contribution in [1.29, 1.82) is 0 Å². The summed E-state index contributed by atoms with van der Waals surface area (Å²) >= 11 is 7.11. The normalized spacial score (nSPS) is 14.1. The zero-order chi connectivity index (χ0) is 25.1. The molecule has 0 unspecified atom stereocenters. The number of rotatable bonds is 7. The lowest BCUT2D eigenvalue weighted by Crippen LogP contribution is -2.39. The van der Waals surface area contributed by atoms with Crippen LogP contribution in [-0.4, -0.2) is 41.6 Å². The largest absolute Gasteiger partial charge is 0.473 e. The van der Waals surface area contributed by atoms with Crippen molar-refractivity contribution >= 4 is 50.7 Å². The van der Waals surface area contributed by atoms with Crippen molar-refractivity contribution in [1.82, 2.24) is 9.36 Å². The lowest BCUT2D eigenvalue weighted by Gasteiger charge is -2.33. The molecular formula is C26H24ClFN4O3S. The third kappa shape index (κ3) is 5.37. The van der Waals surface area contributed by atoms with Gasteiger partial charge in [-0.2, -0.15) is 9.36 Å². The predicted molar refractivity (Wildman–Crippen MR) is 140 cm³/mol. The molecule has 7 nitrogen and oxygen atoms in total. The summed E-state index contributed by atoms with van der Waals surface area (Å²) in [4.78, 5) is 18.7. The summed E-state index contributed by atoms with van der Waals surface area (Å²) in [6.45, 7) is 1.77. The number of hydrogen-bond acceptors (Lipinski definition) is 8. The maximum Gasteiger partial charge on any atom is 0.358 e. The standard InChI is InChI=1S/C26H24ClFN4O3S/c1-34-26(33)25-20-8-7-19(14-22(20)36-31-25)29-18-9-11-32(12-10-18)23-3-2-4-24(30-23)35-15-16-5-6-17(27)13-21(16)28/h2-8,13-14,18,29H,9-12,15H2,1H3. The van der Waals surface area contributed by atoms with Gasteiger partial charge >= 0.3 is 5.97 Å². The molecule has 5 rings (SSSR count). The zero-order valence-electron chi connectivity index (χ0n) is 19.5. The van der Waals surface area contributed by atoms with E-state index in [0.717, 1.165) is 47.5 Å². The smallest absolute Gasteiger partial charge is 0.358 e. The van der Waals surface area contributed by atoms with Gasteiger partial charge in [0.25, 0.3) is 0 Å². The Bertz CT molecular complexity index is 1390. The number of ether oxygens (including phenoxy) is 2. The van der Waals surface area contributed by atoms with Crippen LogP contribution in [0.15, 0.2) is 54.6 Å². The lowest BCUT2D eigenvalue weighted by atomic mass is 10.0.